The number of carboxylic acids is 1. The van der Waals surface area contributed by atoms with Gasteiger partial charge in [-0.25, -0.2) is 4.98 Å². The van der Waals surface area contributed by atoms with Gasteiger partial charge in [0, 0.05) is 6.54 Å². The van der Waals surface area contributed by atoms with Gasteiger partial charge in [-0.2, -0.15) is 0 Å². The molecule has 0 aliphatic heterocycles. The molecule has 0 fully saturated rings. The molecule has 1 heterocycles. The van der Waals surface area contributed by atoms with E-state index in [2.05, 4.69) is 21.7 Å². The quantitative estimate of drug-likeness (QED) is 0.540. The first-order valence-electron chi connectivity index (χ1n) is 8.71. The number of carboxylic acid groups (broad SMARTS) is 1. The van der Waals surface area contributed by atoms with E-state index in [-0.39, 0.29) is 31.8 Å². The van der Waals surface area contributed by atoms with Gasteiger partial charge in [0.05, 0.1) is 29.6 Å². The van der Waals surface area contributed by atoms with E-state index in [4.69, 9.17) is 5.11 Å². The van der Waals surface area contributed by atoms with Gasteiger partial charge < -0.3 is 15.7 Å². The standard InChI is InChI=1S/C20H19N3O4S/c24-17(22-12-18(25)21-9-8-20(26)27)11-19-23-15-7-6-14(10-16(15)28-19)13-4-2-1-3-5-13/h1-7,10H,8-9,11-12H2,(H,21,25)(H,22,24)(H,26,27). The van der Waals surface area contributed by atoms with Crippen molar-refractivity contribution >= 4 is 39.3 Å². The van der Waals surface area contributed by atoms with E-state index in [0.717, 1.165) is 21.3 Å². The summed E-state index contributed by atoms with van der Waals surface area (Å²) in [5.41, 5.74) is 3.04. The van der Waals surface area contributed by atoms with E-state index in [0.29, 0.717) is 5.01 Å². The Morgan fingerprint density at radius 1 is 0.964 bits per heavy atom. The van der Waals surface area contributed by atoms with Crippen molar-refractivity contribution in [3.8, 4) is 11.1 Å². The van der Waals surface area contributed by atoms with Crippen molar-refractivity contribution in [1.29, 1.82) is 0 Å². The Hall–Kier alpha value is -3.26. The van der Waals surface area contributed by atoms with Crippen molar-refractivity contribution in [2.45, 2.75) is 12.8 Å². The number of nitrogens with one attached hydrogen (secondary N) is 2. The van der Waals surface area contributed by atoms with E-state index in [1.165, 1.54) is 11.3 Å². The third-order valence-corrected chi connectivity index (χ3v) is 4.98. The second kappa shape index (κ2) is 9.09. The number of benzene rings is 2. The molecule has 0 spiro atoms. The van der Waals surface area contributed by atoms with Gasteiger partial charge in [0.2, 0.25) is 11.8 Å². The zero-order valence-corrected chi connectivity index (χ0v) is 15.8. The first kappa shape index (κ1) is 19.5. The average Bonchev–Trinajstić information content (AvgIpc) is 3.08. The van der Waals surface area contributed by atoms with Gasteiger partial charge in [0.25, 0.3) is 0 Å². The third-order valence-electron chi connectivity index (χ3n) is 3.96. The van der Waals surface area contributed by atoms with Crippen molar-refractivity contribution in [3.05, 3.63) is 53.5 Å². The minimum absolute atomic E-state index is 0.0334. The van der Waals surface area contributed by atoms with Gasteiger partial charge in [-0.15, -0.1) is 11.3 Å². The summed E-state index contributed by atoms with van der Waals surface area (Å²) in [6, 6.07) is 16.0. The van der Waals surface area contributed by atoms with Crippen LogP contribution in [0.2, 0.25) is 0 Å². The highest BCUT2D eigenvalue weighted by Gasteiger charge is 2.11. The fraction of sp³-hybridized carbons (Fsp3) is 0.200. The fourth-order valence-corrected chi connectivity index (χ4v) is 3.61. The van der Waals surface area contributed by atoms with Crippen LogP contribution in [0, 0.1) is 0 Å². The summed E-state index contributed by atoms with van der Waals surface area (Å²) in [5.74, 6) is -1.72. The molecule has 0 aliphatic carbocycles. The Bertz CT molecular complexity index is 1000. The maximum Gasteiger partial charge on any atom is 0.305 e. The lowest BCUT2D eigenvalue weighted by Crippen LogP contribution is -2.38. The molecule has 1 aromatic heterocycles. The number of thiazole rings is 1. The molecule has 7 nitrogen and oxygen atoms in total. The van der Waals surface area contributed by atoms with Crippen LogP contribution in [0.4, 0.5) is 0 Å². The summed E-state index contributed by atoms with van der Waals surface area (Å²) in [5, 5.41) is 14.1. The first-order valence-corrected chi connectivity index (χ1v) is 9.53. The molecular weight excluding hydrogens is 378 g/mol. The number of amides is 2. The van der Waals surface area contributed by atoms with Gasteiger partial charge in [0.1, 0.15) is 5.01 Å². The molecular formula is C20H19N3O4S. The number of carbonyl (C=O) groups excluding carboxylic acids is 2. The van der Waals surface area contributed by atoms with E-state index in [9.17, 15) is 14.4 Å². The monoisotopic (exact) mass is 397 g/mol. The first-order chi connectivity index (χ1) is 13.5. The maximum absolute atomic E-state index is 12.0. The molecule has 0 atom stereocenters. The number of aromatic nitrogens is 1. The van der Waals surface area contributed by atoms with Gasteiger partial charge >= 0.3 is 5.97 Å². The number of hydrogen-bond acceptors (Lipinski definition) is 5. The van der Waals surface area contributed by atoms with E-state index in [1.807, 2.05) is 42.5 Å². The lowest BCUT2D eigenvalue weighted by Gasteiger charge is -2.05. The van der Waals surface area contributed by atoms with Crippen molar-refractivity contribution in [2.75, 3.05) is 13.1 Å². The van der Waals surface area contributed by atoms with Crippen LogP contribution in [-0.4, -0.2) is 41.0 Å². The zero-order valence-electron chi connectivity index (χ0n) is 15.0. The lowest BCUT2D eigenvalue weighted by molar-refractivity contribution is -0.137. The Morgan fingerprint density at radius 2 is 1.75 bits per heavy atom. The molecule has 3 rings (SSSR count). The predicted molar refractivity (Wildman–Crippen MR) is 107 cm³/mol. The molecule has 3 aromatic rings. The van der Waals surface area contributed by atoms with Gasteiger partial charge in [0.15, 0.2) is 0 Å². The Kier molecular flexibility index (Phi) is 6.33. The van der Waals surface area contributed by atoms with Crippen molar-refractivity contribution < 1.29 is 19.5 Å². The molecule has 0 radical (unpaired) electrons. The molecule has 0 bridgehead atoms. The highest BCUT2D eigenvalue weighted by atomic mass is 32.1. The molecule has 0 aliphatic rings. The van der Waals surface area contributed by atoms with Crippen LogP contribution < -0.4 is 10.6 Å². The second-order valence-corrected chi connectivity index (χ2v) is 7.22. The molecule has 0 saturated heterocycles. The molecule has 2 aromatic carbocycles. The zero-order chi connectivity index (χ0) is 19.9. The Balaban J connectivity index is 1.56. The Morgan fingerprint density at radius 3 is 2.50 bits per heavy atom. The summed E-state index contributed by atoms with van der Waals surface area (Å²) >= 11 is 1.45. The van der Waals surface area contributed by atoms with E-state index < -0.39 is 11.9 Å². The summed E-state index contributed by atoms with van der Waals surface area (Å²) < 4.78 is 0.996. The average molecular weight is 397 g/mol. The number of carbonyl (C=O) groups is 3. The minimum atomic E-state index is -0.990. The van der Waals surface area contributed by atoms with E-state index in [1.54, 1.807) is 0 Å². The van der Waals surface area contributed by atoms with Gasteiger partial charge in [-0.3, -0.25) is 14.4 Å². The molecule has 8 heteroatoms. The summed E-state index contributed by atoms with van der Waals surface area (Å²) in [6.07, 6.45) is -0.0707. The fourth-order valence-electron chi connectivity index (χ4n) is 2.61. The van der Waals surface area contributed by atoms with Crippen LogP contribution >= 0.6 is 11.3 Å². The van der Waals surface area contributed by atoms with Crippen LogP contribution in [0.25, 0.3) is 21.3 Å². The summed E-state index contributed by atoms with van der Waals surface area (Å²) in [6.45, 7) is -0.160. The van der Waals surface area contributed by atoms with Crippen molar-refractivity contribution in [1.82, 2.24) is 15.6 Å². The third kappa shape index (κ3) is 5.37. The molecule has 2 amide bonds. The normalized spacial score (nSPS) is 10.6. The topological polar surface area (TPSA) is 108 Å². The number of rotatable bonds is 8. The van der Waals surface area contributed by atoms with Crippen molar-refractivity contribution in [2.24, 2.45) is 0 Å². The smallest absolute Gasteiger partial charge is 0.305 e. The van der Waals surface area contributed by atoms with Crippen LogP contribution in [0.3, 0.4) is 0 Å². The highest BCUT2D eigenvalue weighted by molar-refractivity contribution is 7.18. The molecule has 144 valence electrons. The highest BCUT2D eigenvalue weighted by Crippen LogP contribution is 2.28. The SMILES string of the molecule is O=C(O)CCNC(=O)CNC(=O)Cc1nc2ccc(-c3ccccc3)cc2s1. The number of nitrogens with zero attached hydrogens (tertiary/aromatic N) is 1. The van der Waals surface area contributed by atoms with Gasteiger partial charge in [-0.1, -0.05) is 36.4 Å². The summed E-state index contributed by atoms with van der Waals surface area (Å²) in [4.78, 5) is 38.5. The Labute approximate surface area is 165 Å². The molecule has 0 unspecified atom stereocenters. The van der Waals surface area contributed by atoms with Crippen LogP contribution in [-0.2, 0) is 20.8 Å². The van der Waals surface area contributed by atoms with Crippen LogP contribution in [0.5, 0.6) is 0 Å². The number of hydrogen-bond donors (Lipinski definition) is 3. The van der Waals surface area contributed by atoms with Crippen molar-refractivity contribution in [3.63, 3.8) is 0 Å². The van der Waals surface area contributed by atoms with Crippen LogP contribution in [0.1, 0.15) is 11.4 Å². The molecule has 0 saturated carbocycles. The number of aliphatic carboxylic acids is 1. The summed E-state index contributed by atoms with van der Waals surface area (Å²) in [7, 11) is 0. The van der Waals surface area contributed by atoms with Gasteiger partial charge in [-0.05, 0) is 23.3 Å². The van der Waals surface area contributed by atoms with Crippen LogP contribution in [0.15, 0.2) is 48.5 Å². The number of fused-ring (bicyclic) bond motifs is 1. The predicted octanol–water partition coefficient (Wildman–Crippen LogP) is 2.21. The lowest BCUT2D eigenvalue weighted by atomic mass is 10.1. The maximum atomic E-state index is 12.0. The largest absolute Gasteiger partial charge is 0.481 e. The van der Waals surface area contributed by atoms with E-state index >= 15 is 0 Å². The molecule has 3 N–H and O–H groups in total. The minimum Gasteiger partial charge on any atom is -0.481 e. The second-order valence-electron chi connectivity index (χ2n) is 6.10. The molecule has 28 heavy (non-hydrogen) atoms.